The highest BCUT2D eigenvalue weighted by Crippen LogP contribution is 2.23. The fraction of sp³-hybridized carbons (Fsp3) is 0.316. The number of carbonyl (C=O) groups is 1. The van der Waals surface area contributed by atoms with Gasteiger partial charge in [0.15, 0.2) is 0 Å². The molecule has 0 saturated heterocycles. The van der Waals surface area contributed by atoms with Crippen molar-refractivity contribution in [3.05, 3.63) is 65.7 Å². The molecule has 2 aromatic rings. The monoisotopic (exact) mass is 402 g/mol. The molecular weight excluding hydrogens is 381 g/mol. The molecule has 2 N–H and O–H groups in total. The third-order valence-electron chi connectivity index (χ3n) is 3.78. The Bertz CT molecular complexity index is 694. The molecule has 4 nitrogen and oxygen atoms in total. The van der Waals surface area contributed by atoms with Crippen LogP contribution < -0.4 is 10.5 Å². The van der Waals surface area contributed by atoms with Crippen molar-refractivity contribution in [1.29, 1.82) is 0 Å². The van der Waals surface area contributed by atoms with E-state index in [1.54, 1.807) is 4.90 Å². The number of ether oxygens (including phenoxy) is 1. The summed E-state index contributed by atoms with van der Waals surface area (Å²) >= 11 is 0. The van der Waals surface area contributed by atoms with Crippen LogP contribution in [0.5, 0.6) is 5.75 Å². The van der Waals surface area contributed by atoms with E-state index in [-0.39, 0.29) is 30.5 Å². The van der Waals surface area contributed by atoms with E-state index in [1.165, 1.54) is 24.3 Å². The molecular formula is C19H22ClF3N2O2. The van der Waals surface area contributed by atoms with Crippen molar-refractivity contribution in [2.45, 2.75) is 19.2 Å². The van der Waals surface area contributed by atoms with E-state index >= 15 is 0 Å². The Labute approximate surface area is 162 Å². The Balaban J connectivity index is 0.00000364. The minimum atomic E-state index is -4.73. The molecule has 0 radical (unpaired) electrons. The summed E-state index contributed by atoms with van der Waals surface area (Å²) in [6, 6.07) is 15.1. The van der Waals surface area contributed by atoms with E-state index in [2.05, 4.69) is 4.74 Å². The number of amides is 1. The maximum absolute atomic E-state index is 12.5. The Kier molecular flexibility index (Phi) is 9.11. The van der Waals surface area contributed by atoms with Crippen LogP contribution in [0.1, 0.15) is 11.1 Å². The average Bonchev–Trinajstić information content (AvgIpc) is 2.60. The molecule has 27 heavy (non-hydrogen) atoms. The summed E-state index contributed by atoms with van der Waals surface area (Å²) in [7, 11) is 0. The van der Waals surface area contributed by atoms with Crippen molar-refractivity contribution in [2.24, 2.45) is 5.73 Å². The van der Waals surface area contributed by atoms with E-state index in [0.717, 1.165) is 5.56 Å². The van der Waals surface area contributed by atoms with Gasteiger partial charge < -0.3 is 15.4 Å². The number of hydrogen-bond donors (Lipinski definition) is 1. The first-order chi connectivity index (χ1) is 12.4. The summed E-state index contributed by atoms with van der Waals surface area (Å²) in [5, 5.41) is 0. The van der Waals surface area contributed by atoms with Gasteiger partial charge in [-0.3, -0.25) is 4.79 Å². The SMILES string of the molecule is Cl.NCCN(CCc1ccccc1)C(=O)Cc1ccc(OC(F)(F)F)cc1. The fourth-order valence-corrected chi connectivity index (χ4v) is 2.52. The lowest BCUT2D eigenvalue weighted by atomic mass is 10.1. The number of nitrogens with two attached hydrogens (primary N) is 1. The van der Waals surface area contributed by atoms with Crippen LogP contribution in [0.3, 0.4) is 0 Å². The number of hydrogen-bond acceptors (Lipinski definition) is 3. The molecule has 0 bridgehead atoms. The first-order valence-electron chi connectivity index (χ1n) is 8.24. The molecule has 148 valence electrons. The molecule has 0 spiro atoms. The van der Waals surface area contributed by atoms with E-state index in [9.17, 15) is 18.0 Å². The molecule has 0 heterocycles. The van der Waals surface area contributed by atoms with Gasteiger partial charge in [0.05, 0.1) is 6.42 Å². The molecule has 8 heteroatoms. The van der Waals surface area contributed by atoms with Crippen LogP contribution in [0, 0.1) is 0 Å². The average molecular weight is 403 g/mol. The third kappa shape index (κ3) is 8.32. The lowest BCUT2D eigenvalue weighted by Crippen LogP contribution is -2.37. The smallest absolute Gasteiger partial charge is 0.406 e. The molecule has 0 saturated carbocycles. The van der Waals surface area contributed by atoms with Gasteiger partial charge in [-0.05, 0) is 29.7 Å². The fourth-order valence-electron chi connectivity index (χ4n) is 2.52. The minimum absolute atomic E-state index is 0. The van der Waals surface area contributed by atoms with Gasteiger partial charge in [0.2, 0.25) is 5.91 Å². The molecule has 0 aliphatic rings. The predicted octanol–water partition coefficient (Wildman–Crippen LogP) is 3.58. The molecule has 2 aromatic carbocycles. The van der Waals surface area contributed by atoms with Crippen molar-refractivity contribution >= 4 is 18.3 Å². The zero-order chi connectivity index (χ0) is 19.0. The van der Waals surface area contributed by atoms with Crippen LogP contribution in [0.25, 0.3) is 0 Å². The molecule has 0 atom stereocenters. The van der Waals surface area contributed by atoms with Gasteiger partial charge in [-0.1, -0.05) is 42.5 Å². The van der Waals surface area contributed by atoms with E-state index < -0.39 is 6.36 Å². The Morgan fingerprint density at radius 1 is 0.963 bits per heavy atom. The van der Waals surface area contributed by atoms with Crippen LogP contribution in [0.4, 0.5) is 13.2 Å². The van der Waals surface area contributed by atoms with Crippen LogP contribution in [-0.4, -0.2) is 36.8 Å². The van der Waals surface area contributed by atoms with Crippen molar-refractivity contribution in [3.63, 3.8) is 0 Å². The second-order valence-corrected chi connectivity index (χ2v) is 5.77. The van der Waals surface area contributed by atoms with E-state index in [1.807, 2.05) is 30.3 Å². The van der Waals surface area contributed by atoms with Gasteiger partial charge in [0.1, 0.15) is 5.75 Å². The molecule has 0 aliphatic carbocycles. The van der Waals surface area contributed by atoms with Gasteiger partial charge >= 0.3 is 6.36 Å². The summed E-state index contributed by atoms with van der Waals surface area (Å²) in [4.78, 5) is 14.2. The third-order valence-corrected chi connectivity index (χ3v) is 3.78. The number of carbonyl (C=O) groups excluding carboxylic acids is 1. The lowest BCUT2D eigenvalue weighted by Gasteiger charge is -2.22. The molecule has 0 fully saturated rings. The topological polar surface area (TPSA) is 55.6 Å². The Morgan fingerprint density at radius 3 is 2.15 bits per heavy atom. The van der Waals surface area contributed by atoms with E-state index in [0.29, 0.717) is 31.6 Å². The highest BCUT2D eigenvalue weighted by Gasteiger charge is 2.31. The summed E-state index contributed by atoms with van der Waals surface area (Å²) in [6.45, 7) is 1.31. The Hall–Kier alpha value is -2.25. The van der Waals surface area contributed by atoms with Gasteiger partial charge in [-0.2, -0.15) is 0 Å². The zero-order valence-electron chi connectivity index (χ0n) is 14.6. The van der Waals surface area contributed by atoms with Gasteiger partial charge in [-0.25, -0.2) is 0 Å². The highest BCUT2D eigenvalue weighted by atomic mass is 35.5. The van der Waals surface area contributed by atoms with Crippen molar-refractivity contribution < 1.29 is 22.7 Å². The standard InChI is InChI=1S/C19H21F3N2O2.ClH/c20-19(21,22)26-17-8-6-16(7-9-17)14-18(25)24(13-11-23)12-10-15-4-2-1-3-5-15;/h1-9H,10-14,23H2;1H. The Morgan fingerprint density at radius 2 is 1.59 bits per heavy atom. The number of nitrogens with zero attached hydrogens (tertiary/aromatic N) is 1. The summed E-state index contributed by atoms with van der Waals surface area (Å²) in [5.74, 6) is -0.424. The molecule has 2 rings (SSSR count). The molecule has 0 unspecified atom stereocenters. The number of halogens is 4. The highest BCUT2D eigenvalue weighted by molar-refractivity contribution is 5.85. The predicted molar refractivity (Wildman–Crippen MR) is 99.9 cm³/mol. The van der Waals surface area contributed by atoms with Crippen LogP contribution >= 0.6 is 12.4 Å². The van der Waals surface area contributed by atoms with Gasteiger partial charge in [0.25, 0.3) is 0 Å². The zero-order valence-corrected chi connectivity index (χ0v) is 15.4. The van der Waals surface area contributed by atoms with Crippen LogP contribution in [0.15, 0.2) is 54.6 Å². The summed E-state index contributed by atoms with van der Waals surface area (Å²) in [6.07, 6.45) is -3.92. The quantitative estimate of drug-likeness (QED) is 0.734. The number of rotatable bonds is 8. The first kappa shape index (κ1) is 22.8. The lowest BCUT2D eigenvalue weighted by molar-refractivity contribution is -0.274. The van der Waals surface area contributed by atoms with Crippen LogP contribution in [-0.2, 0) is 17.6 Å². The second kappa shape index (κ2) is 10.8. The van der Waals surface area contributed by atoms with E-state index in [4.69, 9.17) is 5.73 Å². The maximum atomic E-state index is 12.5. The number of benzene rings is 2. The van der Waals surface area contributed by atoms with Crippen molar-refractivity contribution in [3.8, 4) is 5.75 Å². The van der Waals surface area contributed by atoms with Crippen molar-refractivity contribution in [1.82, 2.24) is 4.90 Å². The largest absolute Gasteiger partial charge is 0.573 e. The maximum Gasteiger partial charge on any atom is 0.573 e. The molecule has 0 aliphatic heterocycles. The minimum Gasteiger partial charge on any atom is -0.406 e. The second-order valence-electron chi connectivity index (χ2n) is 5.77. The number of alkyl halides is 3. The molecule has 1 amide bonds. The van der Waals surface area contributed by atoms with Gasteiger partial charge in [-0.15, -0.1) is 25.6 Å². The first-order valence-corrected chi connectivity index (χ1v) is 8.24. The summed E-state index contributed by atoms with van der Waals surface area (Å²) < 4.78 is 40.3. The normalized spacial score (nSPS) is 10.8. The van der Waals surface area contributed by atoms with Crippen molar-refractivity contribution in [2.75, 3.05) is 19.6 Å². The van der Waals surface area contributed by atoms with Crippen LogP contribution in [0.2, 0.25) is 0 Å². The van der Waals surface area contributed by atoms with Gasteiger partial charge in [0, 0.05) is 19.6 Å². The summed E-state index contributed by atoms with van der Waals surface area (Å²) in [5.41, 5.74) is 7.33. The molecule has 0 aromatic heterocycles.